The van der Waals surface area contributed by atoms with Crippen LogP contribution in [0.3, 0.4) is 0 Å². The summed E-state index contributed by atoms with van der Waals surface area (Å²) in [6.07, 6.45) is 0. The molecule has 0 amide bonds. The average molecular weight is 387 g/mol. The average Bonchev–Trinajstić information content (AvgIpc) is 2.76. The van der Waals surface area contributed by atoms with Gasteiger partial charge in [-0.15, -0.1) is 11.6 Å². The lowest BCUT2D eigenvalue weighted by molar-refractivity contribution is 0.618. The highest BCUT2D eigenvalue weighted by Gasteiger charge is 2.14. The van der Waals surface area contributed by atoms with E-state index < -0.39 is 0 Å². The number of imidazole rings is 1. The van der Waals surface area contributed by atoms with Gasteiger partial charge >= 0.3 is 0 Å². The van der Waals surface area contributed by atoms with Gasteiger partial charge in [0.25, 0.3) is 0 Å². The van der Waals surface area contributed by atoms with Crippen LogP contribution in [-0.4, -0.2) is 9.55 Å². The molecule has 19 heavy (non-hydrogen) atoms. The Balaban J connectivity index is 2.36. The van der Waals surface area contributed by atoms with Crippen molar-refractivity contribution in [2.45, 2.75) is 5.88 Å². The second kappa shape index (κ2) is 5.09. The molecule has 2 aromatic carbocycles. The Morgan fingerprint density at radius 3 is 2.74 bits per heavy atom. The fourth-order valence-electron chi connectivity index (χ4n) is 2.09. The molecule has 0 N–H and O–H groups in total. The lowest BCUT2D eigenvalue weighted by Crippen LogP contribution is -2.01. The van der Waals surface area contributed by atoms with E-state index in [1.807, 2.05) is 18.2 Å². The van der Waals surface area contributed by atoms with E-state index in [1.54, 1.807) is 22.8 Å². The molecule has 1 heterocycles. The minimum absolute atomic E-state index is 0.236. The standard InChI is InChI=1S/C14H9ClFIN2/c15-8-14-18-11-7-9(17)5-6-13(11)19(14)12-4-2-1-3-10(12)16/h1-7H,8H2. The van der Waals surface area contributed by atoms with E-state index in [1.165, 1.54) is 6.07 Å². The van der Waals surface area contributed by atoms with E-state index in [2.05, 4.69) is 27.6 Å². The number of rotatable bonds is 2. The molecule has 0 spiro atoms. The van der Waals surface area contributed by atoms with Crippen molar-refractivity contribution in [3.05, 3.63) is 57.7 Å². The van der Waals surface area contributed by atoms with Gasteiger partial charge in [-0.1, -0.05) is 12.1 Å². The Morgan fingerprint density at radius 2 is 2.00 bits per heavy atom. The molecule has 0 aliphatic rings. The monoisotopic (exact) mass is 386 g/mol. The zero-order chi connectivity index (χ0) is 13.4. The van der Waals surface area contributed by atoms with Crippen LogP contribution in [0.1, 0.15) is 5.82 Å². The van der Waals surface area contributed by atoms with Crippen LogP contribution in [0.5, 0.6) is 0 Å². The summed E-state index contributed by atoms with van der Waals surface area (Å²) < 4.78 is 16.8. The Labute approximate surface area is 128 Å². The summed E-state index contributed by atoms with van der Waals surface area (Å²) in [5.74, 6) is 0.593. The summed E-state index contributed by atoms with van der Waals surface area (Å²) in [5, 5.41) is 0. The minimum atomic E-state index is -0.285. The molecular weight excluding hydrogens is 378 g/mol. The number of para-hydroxylation sites is 1. The topological polar surface area (TPSA) is 17.8 Å². The maximum absolute atomic E-state index is 14.0. The van der Waals surface area contributed by atoms with Crippen molar-refractivity contribution in [2.75, 3.05) is 0 Å². The van der Waals surface area contributed by atoms with Gasteiger partial charge in [-0.3, -0.25) is 4.57 Å². The van der Waals surface area contributed by atoms with Crippen molar-refractivity contribution in [1.29, 1.82) is 0 Å². The van der Waals surface area contributed by atoms with Crippen molar-refractivity contribution < 1.29 is 4.39 Å². The van der Waals surface area contributed by atoms with Gasteiger partial charge in [0.2, 0.25) is 0 Å². The van der Waals surface area contributed by atoms with Crippen LogP contribution in [-0.2, 0) is 5.88 Å². The second-order valence-electron chi connectivity index (χ2n) is 4.08. The summed E-state index contributed by atoms with van der Waals surface area (Å²) in [6.45, 7) is 0. The molecule has 3 aromatic rings. The number of hydrogen-bond donors (Lipinski definition) is 0. The lowest BCUT2D eigenvalue weighted by atomic mass is 10.2. The van der Waals surface area contributed by atoms with Crippen LogP contribution in [0.15, 0.2) is 42.5 Å². The van der Waals surface area contributed by atoms with E-state index in [0.717, 1.165) is 14.6 Å². The SMILES string of the molecule is Fc1ccccc1-n1c(CCl)nc2cc(I)ccc21. The Bertz CT molecular complexity index is 754. The van der Waals surface area contributed by atoms with E-state index in [9.17, 15) is 4.39 Å². The zero-order valence-corrected chi connectivity index (χ0v) is 12.7. The fourth-order valence-corrected chi connectivity index (χ4v) is 2.75. The largest absolute Gasteiger partial charge is 0.292 e. The molecule has 0 radical (unpaired) electrons. The molecule has 1 aromatic heterocycles. The Morgan fingerprint density at radius 1 is 1.21 bits per heavy atom. The minimum Gasteiger partial charge on any atom is -0.292 e. The molecule has 0 atom stereocenters. The van der Waals surface area contributed by atoms with Crippen LogP contribution in [0.2, 0.25) is 0 Å². The summed E-state index contributed by atoms with van der Waals surface area (Å²) in [4.78, 5) is 4.47. The summed E-state index contributed by atoms with van der Waals surface area (Å²) >= 11 is 8.16. The highest BCUT2D eigenvalue weighted by atomic mass is 127. The first-order valence-electron chi connectivity index (χ1n) is 5.68. The number of nitrogens with zero attached hydrogens (tertiary/aromatic N) is 2. The maximum atomic E-state index is 14.0. The predicted molar refractivity (Wildman–Crippen MR) is 83.3 cm³/mol. The Hall–Kier alpha value is -1.14. The van der Waals surface area contributed by atoms with Gasteiger partial charge in [-0.2, -0.15) is 0 Å². The van der Waals surface area contributed by atoms with Gasteiger partial charge in [-0.05, 0) is 52.9 Å². The number of aromatic nitrogens is 2. The molecule has 0 aliphatic carbocycles. The number of halogens is 3. The van der Waals surface area contributed by atoms with Gasteiger partial charge in [0, 0.05) is 3.57 Å². The molecule has 0 bridgehead atoms. The van der Waals surface area contributed by atoms with Crippen molar-refractivity contribution in [3.63, 3.8) is 0 Å². The van der Waals surface area contributed by atoms with Crippen LogP contribution in [0.25, 0.3) is 16.7 Å². The van der Waals surface area contributed by atoms with E-state index in [-0.39, 0.29) is 11.7 Å². The van der Waals surface area contributed by atoms with Gasteiger partial charge in [-0.25, -0.2) is 9.37 Å². The molecular formula is C14H9ClFIN2. The number of hydrogen-bond acceptors (Lipinski definition) is 1. The van der Waals surface area contributed by atoms with Crippen molar-refractivity contribution >= 4 is 45.2 Å². The first-order valence-corrected chi connectivity index (χ1v) is 7.30. The smallest absolute Gasteiger partial charge is 0.147 e. The molecule has 0 aliphatic heterocycles. The first kappa shape index (κ1) is 12.9. The molecule has 3 rings (SSSR count). The van der Waals surface area contributed by atoms with Crippen molar-refractivity contribution in [2.24, 2.45) is 0 Å². The van der Waals surface area contributed by atoms with Gasteiger partial charge < -0.3 is 0 Å². The van der Waals surface area contributed by atoms with Crippen molar-refractivity contribution in [3.8, 4) is 5.69 Å². The van der Waals surface area contributed by atoms with Gasteiger partial charge in [0.15, 0.2) is 0 Å². The third-order valence-electron chi connectivity index (χ3n) is 2.90. The number of fused-ring (bicyclic) bond motifs is 1. The highest BCUT2D eigenvalue weighted by molar-refractivity contribution is 14.1. The van der Waals surface area contributed by atoms with Crippen LogP contribution < -0.4 is 0 Å². The van der Waals surface area contributed by atoms with E-state index in [4.69, 9.17) is 11.6 Å². The third-order valence-corrected chi connectivity index (χ3v) is 3.81. The normalized spacial score (nSPS) is 11.1. The lowest BCUT2D eigenvalue weighted by Gasteiger charge is -2.08. The molecule has 0 fully saturated rings. The summed E-state index contributed by atoms with van der Waals surface area (Å²) in [7, 11) is 0. The van der Waals surface area contributed by atoms with E-state index >= 15 is 0 Å². The fraction of sp³-hybridized carbons (Fsp3) is 0.0714. The molecule has 96 valence electrons. The number of benzene rings is 2. The first-order chi connectivity index (χ1) is 9.20. The number of alkyl halides is 1. The van der Waals surface area contributed by atoms with Crippen LogP contribution >= 0.6 is 34.2 Å². The quantitative estimate of drug-likeness (QED) is 0.468. The zero-order valence-electron chi connectivity index (χ0n) is 9.78. The third kappa shape index (κ3) is 2.23. The predicted octanol–water partition coefficient (Wildman–Crippen LogP) is 4.51. The maximum Gasteiger partial charge on any atom is 0.147 e. The molecule has 0 saturated carbocycles. The van der Waals surface area contributed by atoms with Gasteiger partial charge in [0.1, 0.15) is 11.6 Å². The van der Waals surface area contributed by atoms with Gasteiger partial charge in [0.05, 0.1) is 22.6 Å². The summed E-state index contributed by atoms with van der Waals surface area (Å²) in [5.41, 5.74) is 2.16. The molecule has 2 nitrogen and oxygen atoms in total. The molecule has 0 saturated heterocycles. The van der Waals surface area contributed by atoms with E-state index in [0.29, 0.717) is 11.5 Å². The van der Waals surface area contributed by atoms with Crippen molar-refractivity contribution in [1.82, 2.24) is 9.55 Å². The highest BCUT2D eigenvalue weighted by Crippen LogP contribution is 2.25. The molecule has 5 heteroatoms. The van der Waals surface area contributed by atoms with Crippen LogP contribution in [0, 0.1) is 9.39 Å². The summed E-state index contributed by atoms with van der Waals surface area (Å²) in [6, 6.07) is 12.5. The molecule has 0 unspecified atom stereocenters. The van der Waals surface area contributed by atoms with Crippen LogP contribution in [0.4, 0.5) is 4.39 Å². The Kier molecular flexibility index (Phi) is 3.45. The second-order valence-corrected chi connectivity index (χ2v) is 5.59.